The van der Waals surface area contributed by atoms with Crippen LogP contribution >= 0.6 is 23.2 Å². The van der Waals surface area contributed by atoms with E-state index in [1.165, 1.54) is 23.1 Å². The molecule has 11 heteroatoms. The second-order valence-electron chi connectivity index (χ2n) is 10.8. The third-order valence-electron chi connectivity index (χ3n) is 7.69. The Hall–Kier alpha value is -3.27. The Balaban J connectivity index is 1.72. The van der Waals surface area contributed by atoms with Gasteiger partial charge in [-0.3, -0.25) is 13.9 Å². The molecule has 0 aliphatic heterocycles. The van der Waals surface area contributed by atoms with Crippen molar-refractivity contribution < 1.29 is 22.7 Å². The van der Waals surface area contributed by atoms with E-state index in [1.54, 1.807) is 56.5 Å². The number of amides is 2. The molecular formula is C32H37Cl2N3O5S. The smallest absolute Gasteiger partial charge is 0.264 e. The first-order valence-electron chi connectivity index (χ1n) is 14.3. The van der Waals surface area contributed by atoms with E-state index in [0.29, 0.717) is 5.75 Å². The van der Waals surface area contributed by atoms with E-state index in [0.717, 1.165) is 47.5 Å². The Kier molecular flexibility index (Phi) is 11.0. The van der Waals surface area contributed by atoms with Crippen LogP contribution in [0, 0.1) is 6.92 Å². The van der Waals surface area contributed by atoms with Crippen molar-refractivity contribution in [2.45, 2.75) is 69.5 Å². The highest BCUT2D eigenvalue weighted by molar-refractivity contribution is 7.92. The van der Waals surface area contributed by atoms with Crippen LogP contribution < -0.4 is 14.4 Å². The standard InChI is InChI=1S/C32H37Cl2N3O5S/c1-22-15-17-27(18-16-22)43(40,41)37(29-14-8-13-28(33)31(29)34)21-30(38)36(20-24-9-7-12-26(19-24)42-3)23(2)32(39)35-25-10-5-4-6-11-25/h7-9,12-19,23,25H,4-6,10-11,20-21H2,1-3H3,(H,35,39)/t23-/m0/s1. The zero-order valence-corrected chi connectivity index (χ0v) is 26.9. The van der Waals surface area contributed by atoms with Gasteiger partial charge in [0, 0.05) is 12.6 Å². The van der Waals surface area contributed by atoms with Crippen LogP contribution in [-0.4, -0.2) is 50.9 Å². The number of hydrogen-bond acceptors (Lipinski definition) is 5. The lowest BCUT2D eigenvalue weighted by Gasteiger charge is -2.33. The lowest BCUT2D eigenvalue weighted by molar-refractivity contribution is -0.139. The molecule has 2 amide bonds. The van der Waals surface area contributed by atoms with Crippen molar-refractivity contribution in [3.8, 4) is 5.75 Å². The fourth-order valence-corrected chi connectivity index (χ4v) is 7.03. The number of nitrogens with zero attached hydrogens (tertiary/aromatic N) is 2. The predicted octanol–water partition coefficient (Wildman–Crippen LogP) is 6.37. The number of hydrogen-bond donors (Lipinski definition) is 1. The van der Waals surface area contributed by atoms with Gasteiger partial charge in [-0.25, -0.2) is 8.42 Å². The van der Waals surface area contributed by atoms with Crippen molar-refractivity contribution in [1.29, 1.82) is 0 Å². The molecule has 1 fully saturated rings. The largest absolute Gasteiger partial charge is 0.497 e. The maximum atomic E-state index is 14.2. The molecule has 1 N–H and O–H groups in total. The second-order valence-corrected chi connectivity index (χ2v) is 13.4. The number of carbonyl (C=O) groups is 2. The van der Waals surface area contributed by atoms with Crippen molar-refractivity contribution >= 4 is 50.7 Å². The van der Waals surface area contributed by atoms with Crippen LogP contribution in [-0.2, 0) is 26.2 Å². The number of benzene rings is 3. The Labute approximate surface area is 264 Å². The molecule has 0 radical (unpaired) electrons. The Morgan fingerprint density at radius 3 is 2.35 bits per heavy atom. The lowest BCUT2D eigenvalue weighted by Crippen LogP contribution is -2.53. The van der Waals surface area contributed by atoms with E-state index in [-0.39, 0.29) is 39.1 Å². The number of ether oxygens (including phenoxy) is 1. The number of nitrogens with one attached hydrogen (secondary N) is 1. The van der Waals surface area contributed by atoms with Crippen LogP contribution in [0.25, 0.3) is 0 Å². The summed E-state index contributed by atoms with van der Waals surface area (Å²) in [7, 11) is -2.72. The summed E-state index contributed by atoms with van der Waals surface area (Å²) in [6.45, 7) is 2.95. The van der Waals surface area contributed by atoms with Gasteiger partial charge in [0.25, 0.3) is 10.0 Å². The summed E-state index contributed by atoms with van der Waals surface area (Å²) in [5.74, 6) is -0.281. The third kappa shape index (κ3) is 8.02. The Morgan fingerprint density at radius 1 is 1.00 bits per heavy atom. The van der Waals surface area contributed by atoms with Crippen molar-refractivity contribution in [3.05, 3.63) is 87.9 Å². The summed E-state index contributed by atoms with van der Waals surface area (Å²) in [5, 5.41) is 3.24. The summed E-state index contributed by atoms with van der Waals surface area (Å²) in [4.78, 5) is 29.0. The quantitative estimate of drug-likeness (QED) is 0.261. The number of halogens is 2. The minimum absolute atomic E-state index is 0.00455. The van der Waals surface area contributed by atoms with Gasteiger partial charge >= 0.3 is 0 Å². The monoisotopic (exact) mass is 645 g/mol. The first-order chi connectivity index (χ1) is 20.5. The summed E-state index contributed by atoms with van der Waals surface area (Å²) < 4.78 is 34.4. The van der Waals surface area contributed by atoms with Crippen LogP contribution in [0.5, 0.6) is 5.75 Å². The van der Waals surface area contributed by atoms with Gasteiger partial charge in [-0.15, -0.1) is 0 Å². The molecule has 0 aromatic heterocycles. The van der Waals surface area contributed by atoms with E-state index in [4.69, 9.17) is 27.9 Å². The fraction of sp³-hybridized carbons (Fsp3) is 0.375. The highest BCUT2D eigenvalue weighted by Gasteiger charge is 2.34. The molecule has 1 atom stereocenters. The van der Waals surface area contributed by atoms with Crippen molar-refractivity contribution in [2.75, 3.05) is 18.0 Å². The highest BCUT2D eigenvalue weighted by Crippen LogP contribution is 2.35. The van der Waals surface area contributed by atoms with Gasteiger partial charge in [-0.1, -0.05) is 78.4 Å². The molecule has 230 valence electrons. The zero-order valence-electron chi connectivity index (χ0n) is 24.6. The van der Waals surface area contributed by atoms with Crippen molar-refractivity contribution in [2.24, 2.45) is 0 Å². The molecule has 0 bridgehead atoms. The van der Waals surface area contributed by atoms with E-state index in [2.05, 4.69) is 5.32 Å². The lowest BCUT2D eigenvalue weighted by atomic mass is 9.95. The van der Waals surface area contributed by atoms with Crippen LogP contribution in [0.15, 0.2) is 71.6 Å². The van der Waals surface area contributed by atoms with E-state index in [9.17, 15) is 18.0 Å². The van der Waals surface area contributed by atoms with E-state index >= 15 is 0 Å². The van der Waals surface area contributed by atoms with E-state index < -0.39 is 28.5 Å². The fourth-order valence-electron chi connectivity index (χ4n) is 5.15. The SMILES string of the molecule is COc1cccc(CN(C(=O)CN(c2cccc(Cl)c2Cl)S(=O)(=O)c2ccc(C)cc2)[C@@H](C)C(=O)NC2CCCCC2)c1. The maximum absolute atomic E-state index is 14.2. The zero-order chi connectivity index (χ0) is 31.1. The summed E-state index contributed by atoms with van der Waals surface area (Å²) in [6.07, 6.45) is 4.99. The Bertz CT molecular complexity index is 1540. The third-order valence-corrected chi connectivity index (χ3v) is 10.3. The molecule has 3 aromatic carbocycles. The predicted molar refractivity (Wildman–Crippen MR) is 170 cm³/mol. The van der Waals surface area contributed by atoms with Gasteiger partial charge in [0.05, 0.1) is 27.7 Å². The second kappa shape index (κ2) is 14.5. The minimum atomic E-state index is -4.27. The number of anilines is 1. The Morgan fingerprint density at radius 2 is 1.67 bits per heavy atom. The molecule has 0 unspecified atom stereocenters. The van der Waals surface area contributed by atoms with Crippen LogP contribution in [0.3, 0.4) is 0 Å². The number of rotatable bonds is 11. The molecule has 43 heavy (non-hydrogen) atoms. The number of methoxy groups -OCH3 is 1. The van der Waals surface area contributed by atoms with Gasteiger partial charge < -0.3 is 15.0 Å². The molecule has 4 rings (SSSR count). The first-order valence-corrected chi connectivity index (χ1v) is 16.5. The molecule has 0 spiro atoms. The molecule has 1 saturated carbocycles. The normalized spacial score (nSPS) is 14.5. The molecule has 1 aliphatic rings. The molecule has 8 nitrogen and oxygen atoms in total. The van der Waals surface area contributed by atoms with Gasteiger partial charge in [0.15, 0.2) is 0 Å². The minimum Gasteiger partial charge on any atom is -0.497 e. The molecular weight excluding hydrogens is 609 g/mol. The number of aryl methyl sites for hydroxylation is 1. The molecule has 3 aromatic rings. The van der Waals surface area contributed by atoms with Gasteiger partial charge in [0.1, 0.15) is 18.3 Å². The van der Waals surface area contributed by atoms with Crippen LogP contribution in [0.1, 0.15) is 50.2 Å². The summed E-state index contributed by atoms with van der Waals surface area (Å²) in [6, 6.07) is 17.3. The number of carbonyl (C=O) groups excluding carboxylic acids is 2. The maximum Gasteiger partial charge on any atom is 0.264 e. The van der Waals surface area contributed by atoms with Gasteiger partial charge in [-0.2, -0.15) is 0 Å². The molecule has 0 heterocycles. The average Bonchev–Trinajstić information content (AvgIpc) is 3.00. The first kappa shape index (κ1) is 32.6. The van der Waals surface area contributed by atoms with Crippen molar-refractivity contribution in [1.82, 2.24) is 10.2 Å². The number of sulfonamides is 1. The average molecular weight is 647 g/mol. The van der Waals surface area contributed by atoms with Gasteiger partial charge in [-0.05, 0) is 68.7 Å². The van der Waals surface area contributed by atoms with E-state index in [1.807, 2.05) is 13.0 Å². The van der Waals surface area contributed by atoms with Crippen molar-refractivity contribution in [3.63, 3.8) is 0 Å². The topological polar surface area (TPSA) is 96.0 Å². The van der Waals surface area contributed by atoms with Crippen LogP contribution in [0.2, 0.25) is 10.0 Å². The summed E-state index contributed by atoms with van der Waals surface area (Å²) >= 11 is 12.8. The summed E-state index contributed by atoms with van der Waals surface area (Å²) in [5.41, 5.74) is 1.66. The molecule has 1 aliphatic carbocycles. The molecule has 0 saturated heterocycles. The van der Waals surface area contributed by atoms with Gasteiger partial charge in [0.2, 0.25) is 11.8 Å². The van der Waals surface area contributed by atoms with Crippen LogP contribution in [0.4, 0.5) is 5.69 Å². The highest BCUT2D eigenvalue weighted by atomic mass is 35.5.